The van der Waals surface area contributed by atoms with Crippen LogP contribution in [0.3, 0.4) is 0 Å². The second kappa shape index (κ2) is 77.8. The summed E-state index contributed by atoms with van der Waals surface area (Å²) >= 11 is 0. The van der Waals surface area contributed by atoms with E-state index in [9.17, 15) is 0 Å². The highest BCUT2D eigenvalue weighted by Crippen LogP contribution is 3.54. The Bertz CT molecular complexity index is 1660. The van der Waals surface area contributed by atoms with Gasteiger partial charge in [0.15, 0.2) is 0 Å². The van der Waals surface area contributed by atoms with Crippen molar-refractivity contribution in [2.45, 2.75) is 0 Å². The maximum Gasteiger partial charge on any atom is -0.000000250 e. The Balaban J connectivity index is 14.6. The molecule has 0 aromatic rings. The molecule has 0 fully saturated rings. The third-order valence-electron chi connectivity index (χ3n) is 8.77. The summed E-state index contributed by atoms with van der Waals surface area (Å²) in [6, 6.07) is 0. The smallest absolute Gasteiger partial charge is 0.000000250 e. The van der Waals surface area contributed by atoms with Crippen LogP contribution in [0, 0.1) is 0 Å². The largest absolute Gasteiger partial charge is 0.524 e. The molecule has 0 aromatic carbocycles. The van der Waals surface area contributed by atoms with Gasteiger partial charge in [-0.1, -0.05) is 6.99 Å². The zero-order valence-electron chi connectivity index (χ0n) is 50.7. The Labute approximate surface area is 776 Å². The van der Waals surface area contributed by atoms with Gasteiger partial charge in [0.1, 0.15) is 0 Å². The monoisotopic (exact) mass is 3170 g/mol. The number of hydrogen-bond donors (Lipinski definition) is 0. The van der Waals surface area contributed by atoms with Crippen LogP contribution in [0.5, 0.6) is 0 Å². The van der Waals surface area contributed by atoms with Gasteiger partial charge in [-0.2, -0.15) is 0 Å². The summed E-state index contributed by atoms with van der Waals surface area (Å²) in [5.41, 5.74) is 0. The quantitative estimate of drug-likeness (QED) is 0.0533. The van der Waals surface area contributed by atoms with Crippen LogP contribution in [0.25, 0.3) is 0 Å². The summed E-state index contributed by atoms with van der Waals surface area (Å²) in [6.07, 6.45) is 0. The van der Waals surface area contributed by atoms with Gasteiger partial charge in [-0.05, 0) is 321 Å². The molecule has 99 heavy (non-hydrogen) atoms. The fourth-order valence-electron chi connectivity index (χ4n) is 6.07. The lowest BCUT2D eigenvalue weighted by molar-refractivity contribution is 4.29. The SMILES string of the molecule is [PH-]PP(P)P(P(P([PH-])P)P(P)P)P(P(P(P)P)P(P)P)P(P(P(P(P)P)P(P)P)P(P(P)P)P(P)P)P(P(P(P(P(P)P)P(P)P)P(P(P)P)P(P)P)P(P(P(P)P)P(P)P)P(P(P)P)P(P)P)P(P(P(P(P)P)P(P)P)P(P(P)P)P(P)P)P(P(P(P)P)P(P)P)P(P(P)P)P(P)P. The Morgan fingerprint density at radius 1 is 0.121 bits per heavy atom. The van der Waals surface area contributed by atoms with Crippen LogP contribution in [-0.2, 0) is 0 Å². The number of hydrogen-bond acceptors (Lipinski definition) is 0. The van der Waals surface area contributed by atoms with E-state index in [4.69, 9.17) is 17.9 Å². The average Bonchev–Trinajstić information content (AvgIpc) is 3.39. The first-order chi connectivity index (χ1) is 45.1. The molecule has 0 nitrogen and oxygen atoms in total. The first-order valence-electron chi connectivity index (χ1n) is 22.5. The fourth-order valence-corrected chi connectivity index (χ4v) is 1470. The van der Waals surface area contributed by atoms with Crippen molar-refractivity contribution in [3.05, 3.63) is 0 Å². The van der Waals surface area contributed by atoms with Gasteiger partial charge in [-0.3, -0.25) is 7.96 Å². The third kappa shape index (κ3) is 49.9. The lowest BCUT2D eigenvalue weighted by atomic mass is 28.3. The number of rotatable bonds is 48. The molecule has 99 heteroatoms. The second-order valence-corrected chi connectivity index (χ2v) is 424. The summed E-state index contributed by atoms with van der Waals surface area (Å²) in [7, 11) is 193. The molecule has 0 amide bonds. The van der Waals surface area contributed by atoms with E-state index in [0.29, 0.717) is 0 Å². The second-order valence-electron chi connectivity index (χ2n) is 15.7. The van der Waals surface area contributed by atoms with Crippen molar-refractivity contribution in [2.75, 3.05) is 0 Å². The van der Waals surface area contributed by atoms with Crippen LogP contribution in [0.15, 0.2) is 0 Å². The molecule has 0 bridgehead atoms. The minimum Gasteiger partial charge on any atom is -0.524 e. The van der Waals surface area contributed by atoms with E-state index in [1.165, 1.54) is 0 Å². The Hall–Kier alpha value is 42.6. The summed E-state index contributed by atoms with van der Waals surface area (Å²) in [5, 5.41) is 0. The van der Waals surface area contributed by atoms with Gasteiger partial charge in [0.2, 0.25) is 0 Å². The van der Waals surface area contributed by atoms with Crippen LogP contribution in [0.4, 0.5) is 0 Å². The predicted octanol–water partition coefficient (Wildman–Crippen LogP) is 58.8. The van der Waals surface area contributed by atoms with E-state index in [1.54, 1.807) is 0 Å². The zero-order valence-corrected chi connectivity index (χ0v) is 152. The molecule has 0 saturated heterocycles. The maximum absolute atomic E-state index is 4.91. The molecular formula is H99P99-2. The molecule has 596 valence electrons. The normalized spacial score (nSPS) is 16.5. The van der Waals surface area contributed by atoms with Crippen LogP contribution in [0.1, 0.15) is 0 Å². The van der Waals surface area contributed by atoms with Crippen molar-refractivity contribution in [3.8, 4) is 0 Å². The molecule has 55 atom stereocenters. The molecule has 55 unspecified atom stereocenters. The molecule has 0 heterocycles. The van der Waals surface area contributed by atoms with E-state index in [2.05, 4.69) is 429 Å². The Morgan fingerprint density at radius 3 is 0.273 bits per heavy atom. The summed E-state index contributed by atoms with van der Waals surface area (Å²) in [4.78, 5) is 0. The van der Waals surface area contributed by atoms with Crippen LogP contribution >= 0.6 is 790 Å². The van der Waals surface area contributed by atoms with E-state index in [1.807, 2.05) is 0 Å². The van der Waals surface area contributed by atoms with Crippen molar-refractivity contribution in [1.82, 2.24) is 0 Å². The van der Waals surface area contributed by atoms with Crippen LogP contribution in [0.2, 0.25) is 0 Å². The van der Waals surface area contributed by atoms with Gasteiger partial charge in [0, 0.05) is 0 Å². The van der Waals surface area contributed by atoms with Gasteiger partial charge >= 0.3 is 0 Å². The molecule has 0 aromatic heterocycles. The molecule has 0 N–H and O–H groups in total. The average molecular weight is 3170 g/mol. The highest BCUT2D eigenvalue weighted by atomic mass is 33.7. The Morgan fingerprint density at radius 2 is 0.202 bits per heavy atom. The van der Waals surface area contributed by atoms with Gasteiger partial charge in [0.25, 0.3) is 0 Å². The van der Waals surface area contributed by atoms with Gasteiger partial charge in [-0.25, -0.2) is 6.99 Å². The van der Waals surface area contributed by atoms with E-state index < -0.39 is 335 Å². The van der Waals surface area contributed by atoms with E-state index >= 15 is 0 Å². The summed E-state index contributed by atoms with van der Waals surface area (Å²) in [6.45, 7) is -22.1. The van der Waals surface area contributed by atoms with Crippen molar-refractivity contribution >= 4 is 790 Å². The topological polar surface area (TPSA) is 0 Å². The van der Waals surface area contributed by atoms with Gasteiger partial charge < -0.3 is 17.9 Å². The highest BCUT2D eigenvalue weighted by Gasteiger charge is 2.67. The lowest BCUT2D eigenvalue weighted by Crippen LogP contribution is -1.77. The molecule has 0 rings (SSSR count). The molecule has 0 aliphatic rings. The van der Waals surface area contributed by atoms with Gasteiger partial charge in [0.05, 0.1) is 0 Å². The zero-order chi connectivity index (χ0) is 78.4. The van der Waals surface area contributed by atoms with Crippen LogP contribution < -0.4 is 0 Å². The molecule has 0 aliphatic heterocycles. The Kier molecular flexibility index (Phi) is 111. The van der Waals surface area contributed by atoms with Gasteiger partial charge in [-0.15, -0.1) is 429 Å². The van der Waals surface area contributed by atoms with Crippen molar-refractivity contribution < 1.29 is 0 Å². The minimum absolute atomic E-state index is 0.402. The molecule has 0 spiro atoms. The third-order valence-corrected chi connectivity index (χ3v) is 710. The highest BCUT2D eigenvalue weighted by molar-refractivity contribution is 9.60. The first-order valence-corrected chi connectivity index (χ1v) is 202. The maximum atomic E-state index is 4.91. The minimum atomic E-state index is -0.655. The predicted molar refractivity (Wildman–Crippen MR) is 823 cm³/mol. The van der Waals surface area contributed by atoms with Crippen molar-refractivity contribution in [3.63, 3.8) is 0 Å². The lowest BCUT2D eigenvalue weighted by Gasteiger charge is -2.64. The summed E-state index contributed by atoms with van der Waals surface area (Å²) in [5.74, 6) is 0. The standard InChI is InChI=1S/H99P99/c1-51-76(50)89(77(52(2)3)53(4)5)95(88(74(46)47)75(48)49)98(94(86(70(38)39)71(40)41)87(72(42)43)73(44)45)99(96(90(78(54(6)7)55(8)9)79(56(10)11)57(12)13)91(80(58(14)15)59(16)17)81(60(18)19)61(20)21)97(92(82(62(22)23)63(24)25)83(64(26)27)65(28)29)93(84(66(30)31)67(32)33)85(68(34)35)69(36)37/h1-2,51H,3-50H2/q-2. The van der Waals surface area contributed by atoms with Crippen LogP contribution in [-0.4, -0.2) is 0 Å². The van der Waals surface area contributed by atoms with Crippen molar-refractivity contribution in [2.24, 2.45) is 0 Å². The van der Waals surface area contributed by atoms with E-state index in [0.717, 1.165) is 7.96 Å². The first kappa shape index (κ1) is 142. The molecule has 0 aliphatic carbocycles. The fraction of sp³-hybridized carbons (Fsp3) is 0. The molecule has 0 saturated carbocycles. The molecular weight excluding hydrogens is 3070 g/mol. The molecule has 0 radical (unpaired) electrons. The van der Waals surface area contributed by atoms with E-state index in [-0.39, 0.29) is 0 Å². The summed E-state index contributed by atoms with van der Waals surface area (Å²) < 4.78 is 0. The van der Waals surface area contributed by atoms with Crippen molar-refractivity contribution in [1.29, 1.82) is 0 Å².